The summed E-state index contributed by atoms with van der Waals surface area (Å²) in [5.41, 5.74) is 4.01. The normalized spacial score (nSPS) is 12.2. The van der Waals surface area contributed by atoms with E-state index in [2.05, 4.69) is 62.1 Å². The molecule has 0 saturated carbocycles. The Bertz CT molecular complexity index is 325. The molecule has 0 aliphatic carbocycles. The van der Waals surface area contributed by atoms with E-state index in [0.29, 0.717) is 0 Å². The second kappa shape index (κ2) is 7.49. The van der Waals surface area contributed by atoms with E-state index in [4.69, 9.17) is 0 Å². The molecule has 0 radical (unpaired) electrons. The maximum absolute atomic E-state index is 2.52. The number of allylic oxidation sites excluding steroid dienone is 1. The summed E-state index contributed by atoms with van der Waals surface area (Å²) in [4.78, 5) is 0. The Balaban J connectivity index is 2.40. The molecule has 0 aromatic heterocycles. The molecule has 0 unspecified atom stereocenters. The predicted molar refractivity (Wildman–Crippen MR) is 80.9 cm³/mol. The third-order valence-corrected chi connectivity index (χ3v) is 5.50. The first-order chi connectivity index (χ1) is 8.14. The van der Waals surface area contributed by atoms with Gasteiger partial charge < -0.3 is 0 Å². The van der Waals surface area contributed by atoms with Gasteiger partial charge in [-0.1, -0.05) is 80.5 Å². The van der Waals surface area contributed by atoms with Gasteiger partial charge in [-0.25, -0.2) is 0 Å². The van der Waals surface area contributed by atoms with E-state index in [1.54, 1.807) is 0 Å². The fourth-order valence-corrected chi connectivity index (χ4v) is 4.31. The monoisotopic (exact) mass is 246 g/mol. The third kappa shape index (κ3) is 6.47. The first-order valence-corrected chi connectivity index (χ1v) is 10.1. The summed E-state index contributed by atoms with van der Waals surface area (Å²) in [6.07, 6.45) is 7.72. The highest BCUT2D eigenvalue weighted by Crippen LogP contribution is 2.14. The number of benzene rings is 1. The highest BCUT2D eigenvalue weighted by molar-refractivity contribution is 6.81. The number of hydrogen-bond donors (Lipinski definition) is 0. The average molecular weight is 246 g/mol. The Morgan fingerprint density at radius 1 is 1.06 bits per heavy atom. The van der Waals surface area contributed by atoms with E-state index in [-0.39, 0.29) is 0 Å². The zero-order chi connectivity index (χ0) is 12.6. The van der Waals surface area contributed by atoms with E-state index in [1.807, 2.05) is 0 Å². The lowest BCUT2D eigenvalue weighted by atomic mass is 10.2. The van der Waals surface area contributed by atoms with Gasteiger partial charge >= 0.3 is 0 Å². The molecule has 0 spiro atoms. The average Bonchev–Trinajstić information content (AvgIpc) is 2.29. The SMILES string of the molecule is CCCCC/C=C\[Si](C)(C)Cc1ccccc1. The van der Waals surface area contributed by atoms with Gasteiger partial charge in [0.1, 0.15) is 0 Å². The minimum atomic E-state index is -1.18. The summed E-state index contributed by atoms with van der Waals surface area (Å²) >= 11 is 0. The fraction of sp³-hybridized carbons (Fsp3) is 0.500. The molecule has 0 amide bonds. The van der Waals surface area contributed by atoms with Crippen LogP contribution in [0.5, 0.6) is 0 Å². The molecule has 1 heteroatoms. The highest BCUT2D eigenvalue weighted by Gasteiger charge is 2.16. The molecule has 94 valence electrons. The molecule has 1 rings (SSSR count). The maximum Gasteiger partial charge on any atom is 0.0756 e. The third-order valence-electron chi connectivity index (χ3n) is 3.05. The quantitative estimate of drug-likeness (QED) is 0.461. The van der Waals surface area contributed by atoms with Crippen LogP contribution in [-0.4, -0.2) is 8.07 Å². The van der Waals surface area contributed by atoms with Crippen molar-refractivity contribution in [2.75, 3.05) is 0 Å². The fourth-order valence-electron chi connectivity index (χ4n) is 2.10. The van der Waals surface area contributed by atoms with Crippen molar-refractivity contribution in [3.05, 3.63) is 47.7 Å². The zero-order valence-corrected chi connectivity index (χ0v) is 12.6. The van der Waals surface area contributed by atoms with Gasteiger partial charge in [-0.2, -0.15) is 0 Å². The van der Waals surface area contributed by atoms with Crippen LogP contribution in [0.3, 0.4) is 0 Å². The second-order valence-electron chi connectivity index (χ2n) is 5.55. The highest BCUT2D eigenvalue weighted by atomic mass is 28.3. The van der Waals surface area contributed by atoms with Crippen LogP contribution in [0.15, 0.2) is 42.1 Å². The Hall–Kier alpha value is -0.823. The Labute approximate surface area is 108 Å². The molecule has 0 aliphatic rings. The molecular weight excluding hydrogens is 220 g/mol. The molecule has 0 nitrogen and oxygen atoms in total. The number of rotatable bonds is 7. The summed E-state index contributed by atoms with van der Waals surface area (Å²) < 4.78 is 0. The van der Waals surface area contributed by atoms with Gasteiger partial charge in [0.25, 0.3) is 0 Å². The van der Waals surface area contributed by atoms with Crippen LogP contribution in [0.25, 0.3) is 0 Å². The summed E-state index contributed by atoms with van der Waals surface area (Å²) in [7, 11) is -1.18. The van der Waals surface area contributed by atoms with Crippen molar-refractivity contribution < 1.29 is 0 Å². The van der Waals surface area contributed by atoms with E-state index >= 15 is 0 Å². The van der Waals surface area contributed by atoms with E-state index in [0.717, 1.165) is 0 Å². The molecule has 17 heavy (non-hydrogen) atoms. The molecule has 0 N–H and O–H groups in total. The molecule has 1 aromatic carbocycles. The van der Waals surface area contributed by atoms with Crippen LogP contribution in [0, 0.1) is 0 Å². The maximum atomic E-state index is 2.52. The lowest BCUT2D eigenvalue weighted by molar-refractivity contribution is 0.729. The van der Waals surface area contributed by atoms with Crippen molar-refractivity contribution in [3.8, 4) is 0 Å². The van der Waals surface area contributed by atoms with E-state index in [9.17, 15) is 0 Å². The van der Waals surface area contributed by atoms with E-state index in [1.165, 1.54) is 37.3 Å². The van der Waals surface area contributed by atoms with Crippen LogP contribution in [0.4, 0.5) is 0 Å². The molecule has 0 bridgehead atoms. The molecule has 0 atom stereocenters. The van der Waals surface area contributed by atoms with Crippen LogP contribution < -0.4 is 0 Å². The van der Waals surface area contributed by atoms with Crippen molar-refractivity contribution >= 4 is 8.07 Å². The topological polar surface area (TPSA) is 0 Å². The molecular formula is C16H26Si. The molecule has 0 aliphatic heterocycles. The summed E-state index contributed by atoms with van der Waals surface area (Å²) in [5, 5.41) is 0. The van der Waals surface area contributed by atoms with Crippen LogP contribution in [0.2, 0.25) is 13.1 Å². The van der Waals surface area contributed by atoms with Gasteiger partial charge in [-0.3, -0.25) is 0 Å². The van der Waals surface area contributed by atoms with Gasteiger partial charge in [0.2, 0.25) is 0 Å². The Morgan fingerprint density at radius 2 is 1.76 bits per heavy atom. The van der Waals surface area contributed by atoms with Crippen LogP contribution >= 0.6 is 0 Å². The predicted octanol–water partition coefficient (Wildman–Crippen LogP) is 5.15. The number of unbranched alkanes of at least 4 members (excludes halogenated alkanes) is 3. The summed E-state index contributed by atoms with van der Waals surface area (Å²) in [6.45, 7) is 7.17. The minimum absolute atomic E-state index is 1.18. The van der Waals surface area contributed by atoms with Crippen molar-refractivity contribution in [1.82, 2.24) is 0 Å². The molecule has 0 heterocycles. The van der Waals surface area contributed by atoms with Gasteiger partial charge in [0, 0.05) is 0 Å². The lowest BCUT2D eigenvalue weighted by Crippen LogP contribution is -2.26. The van der Waals surface area contributed by atoms with Crippen molar-refractivity contribution in [1.29, 1.82) is 0 Å². The molecule has 1 aromatic rings. The second-order valence-corrected chi connectivity index (χ2v) is 10.2. The first-order valence-electron chi connectivity index (χ1n) is 6.86. The van der Waals surface area contributed by atoms with Crippen LogP contribution in [-0.2, 0) is 6.04 Å². The molecule has 0 saturated heterocycles. The van der Waals surface area contributed by atoms with Gasteiger partial charge in [0.15, 0.2) is 0 Å². The smallest absolute Gasteiger partial charge is 0.0756 e. The summed E-state index contributed by atoms with van der Waals surface area (Å²) in [5.74, 6) is 0. The molecule has 0 fully saturated rings. The largest absolute Gasteiger partial charge is 0.0983 e. The summed E-state index contributed by atoms with van der Waals surface area (Å²) in [6, 6.07) is 12.1. The van der Waals surface area contributed by atoms with Crippen molar-refractivity contribution in [2.45, 2.75) is 51.7 Å². The van der Waals surface area contributed by atoms with Crippen LogP contribution in [0.1, 0.15) is 38.2 Å². The lowest BCUT2D eigenvalue weighted by Gasteiger charge is -2.17. The van der Waals surface area contributed by atoms with Crippen molar-refractivity contribution in [2.24, 2.45) is 0 Å². The van der Waals surface area contributed by atoms with Gasteiger partial charge in [-0.05, 0) is 18.9 Å². The van der Waals surface area contributed by atoms with E-state index < -0.39 is 8.07 Å². The number of hydrogen-bond acceptors (Lipinski definition) is 0. The first kappa shape index (κ1) is 14.2. The Morgan fingerprint density at radius 3 is 2.41 bits per heavy atom. The Kier molecular flexibility index (Phi) is 6.28. The zero-order valence-electron chi connectivity index (χ0n) is 11.6. The van der Waals surface area contributed by atoms with Crippen molar-refractivity contribution in [3.63, 3.8) is 0 Å². The van der Waals surface area contributed by atoms with Gasteiger partial charge in [-0.15, -0.1) is 0 Å². The minimum Gasteiger partial charge on any atom is -0.0983 e. The van der Waals surface area contributed by atoms with Gasteiger partial charge in [0.05, 0.1) is 8.07 Å². The standard InChI is InChI=1S/C16H26Si/c1-4-5-6-7-11-14-17(2,3)15-16-12-9-8-10-13-16/h8-14H,4-7,15H2,1-3H3/b14-11-.